The van der Waals surface area contributed by atoms with Gasteiger partial charge >= 0.3 is 5.69 Å². The Labute approximate surface area is 150 Å². The molecule has 130 valence electrons. The topological polar surface area (TPSA) is 124 Å². The van der Waals surface area contributed by atoms with Crippen LogP contribution in [0, 0.1) is 0 Å². The minimum atomic E-state index is -0.755. The first-order valence-electron chi connectivity index (χ1n) is 7.22. The van der Waals surface area contributed by atoms with Gasteiger partial charge in [-0.05, 0) is 12.2 Å². The smallest absolute Gasteiger partial charge is 0.329 e. The number of aromatic amines is 1. The number of thioether (sulfide) groups is 2. The summed E-state index contributed by atoms with van der Waals surface area (Å²) >= 11 is 4.17. The number of nitrogen functional groups attached to an aromatic ring is 1. The number of ketones is 1. The minimum Gasteiger partial charge on any atom is -0.384 e. The van der Waals surface area contributed by atoms with Crippen molar-refractivity contribution in [3.63, 3.8) is 0 Å². The Morgan fingerprint density at radius 1 is 1.25 bits per heavy atom. The lowest BCUT2D eigenvalue weighted by atomic mass is 10.2. The summed E-state index contributed by atoms with van der Waals surface area (Å²) in [4.78, 5) is 38.2. The van der Waals surface area contributed by atoms with Gasteiger partial charge in [-0.15, -0.1) is 10.2 Å². The quantitative estimate of drug-likeness (QED) is 0.515. The van der Waals surface area contributed by atoms with Crippen molar-refractivity contribution in [2.75, 3.05) is 17.2 Å². The molecule has 2 rings (SSSR count). The maximum Gasteiger partial charge on any atom is 0.329 e. The second-order valence-electron chi connectivity index (χ2n) is 4.65. The van der Waals surface area contributed by atoms with Crippen molar-refractivity contribution in [3.05, 3.63) is 26.4 Å². The van der Waals surface area contributed by atoms with E-state index in [2.05, 4.69) is 15.2 Å². The highest BCUT2D eigenvalue weighted by Gasteiger charge is 2.20. The van der Waals surface area contributed by atoms with E-state index in [1.165, 1.54) is 27.7 Å². The molecule has 2 aromatic rings. The van der Waals surface area contributed by atoms with Crippen molar-refractivity contribution in [3.8, 4) is 0 Å². The lowest BCUT2D eigenvalue weighted by Crippen LogP contribution is -2.36. The Morgan fingerprint density at radius 3 is 2.54 bits per heavy atom. The second kappa shape index (κ2) is 8.49. The number of H-pyrrole nitrogens is 1. The Bertz CT molecular complexity index is 842. The Kier molecular flexibility index (Phi) is 6.63. The highest BCUT2D eigenvalue weighted by atomic mass is 32.2. The molecule has 0 aliphatic carbocycles. The zero-order valence-corrected chi connectivity index (χ0v) is 15.6. The van der Waals surface area contributed by atoms with Gasteiger partial charge in [0.25, 0.3) is 5.56 Å². The molecule has 0 aromatic carbocycles. The van der Waals surface area contributed by atoms with Crippen molar-refractivity contribution in [2.24, 2.45) is 0 Å². The van der Waals surface area contributed by atoms with Gasteiger partial charge in [0.1, 0.15) is 11.4 Å². The predicted molar refractivity (Wildman–Crippen MR) is 97.4 cm³/mol. The number of nitrogens with one attached hydrogen (secondary N) is 1. The van der Waals surface area contributed by atoms with E-state index in [-0.39, 0.29) is 17.1 Å². The molecule has 0 fully saturated rings. The van der Waals surface area contributed by atoms with Crippen molar-refractivity contribution in [1.82, 2.24) is 19.7 Å². The summed E-state index contributed by atoms with van der Waals surface area (Å²) in [5.41, 5.74) is 4.33. The van der Waals surface area contributed by atoms with Gasteiger partial charge in [-0.3, -0.25) is 19.1 Å². The summed E-state index contributed by atoms with van der Waals surface area (Å²) < 4.78 is 2.69. The van der Waals surface area contributed by atoms with Gasteiger partial charge in [0, 0.05) is 6.54 Å². The maximum absolute atomic E-state index is 12.4. The SMILES string of the molecule is CCCn1c(N)c(C(=O)CSc2nnc(SCC)s2)c(=O)[nH]c1=O. The van der Waals surface area contributed by atoms with E-state index >= 15 is 0 Å². The van der Waals surface area contributed by atoms with E-state index in [0.717, 1.165) is 10.1 Å². The molecule has 2 heterocycles. The van der Waals surface area contributed by atoms with Crippen LogP contribution in [0.2, 0.25) is 0 Å². The van der Waals surface area contributed by atoms with Crippen molar-refractivity contribution >= 4 is 46.5 Å². The van der Waals surface area contributed by atoms with Gasteiger partial charge in [-0.1, -0.05) is 48.7 Å². The van der Waals surface area contributed by atoms with Gasteiger partial charge in [0.2, 0.25) is 0 Å². The third-order valence-electron chi connectivity index (χ3n) is 2.95. The number of hydrogen-bond donors (Lipinski definition) is 2. The van der Waals surface area contributed by atoms with Crippen LogP contribution in [-0.4, -0.2) is 37.0 Å². The third-order valence-corrected chi connectivity index (χ3v) is 6.02. The molecule has 8 nitrogen and oxygen atoms in total. The number of nitrogens with zero attached hydrogens (tertiary/aromatic N) is 3. The molecule has 3 N–H and O–H groups in total. The van der Waals surface area contributed by atoms with Crippen LogP contribution in [-0.2, 0) is 6.54 Å². The molecule has 11 heteroatoms. The Balaban J connectivity index is 2.18. The molecule has 0 spiro atoms. The monoisotopic (exact) mass is 387 g/mol. The second-order valence-corrected chi connectivity index (χ2v) is 8.36. The number of aromatic nitrogens is 4. The molecule has 0 aliphatic heterocycles. The molecule has 0 unspecified atom stereocenters. The summed E-state index contributed by atoms with van der Waals surface area (Å²) in [6.45, 7) is 4.22. The normalized spacial score (nSPS) is 10.9. The molecule has 0 radical (unpaired) electrons. The molecule has 0 saturated heterocycles. The predicted octanol–water partition coefficient (Wildman–Crippen LogP) is 1.47. The van der Waals surface area contributed by atoms with E-state index in [4.69, 9.17) is 5.73 Å². The molecule has 0 aliphatic rings. The molecule has 0 bridgehead atoms. The zero-order chi connectivity index (χ0) is 17.7. The van der Waals surface area contributed by atoms with Crippen LogP contribution in [0.5, 0.6) is 0 Å². The van der Waals surface area contributed by atoms with Crippen LogP contribution in [0.1, 0.15) is 30.6 Å². The van der Waals surface area contributed by atoms with Crippen LogP contribution in [0.4, 0.5) is 5.82 Å². The fraction of sp³-hybridized carbons (Fsp3) is 0.462. The van der Waals surface area contributed by atoms with Crippen molar-refractivity contribution in [2.45, 2.75) is 35.5 Å². The van der Waals surface area contributed by atoms with Gasteiger partial charge in [0.15, 0.2) is 14.5 Å². The number of Topliss-reactive ketones (excluding diaryl/α,β-unsaturated/α-hetero) is 1. The van der Waals surface area contributed by atoms with E-state index in [0.29, 0.717) is 17.3 Å². The largest absolute Gasteiger partial charge is 0.384 e. The van der Waals surface area contributed by atoms with E-state index in [9.17, 15) is 14.4 Å². The summed E-state index contributed by atoms with van der Waals surface area (Å²) in [7, 11) is 0. The number of carbonyl (C=O) groups excluding carboxylic acids is 1. The van der Waals surface area contributed by atoms with Gasteiger partial charge < -0.3 is 5.73 Å². The van der Waals surface area contributed by atoms with Crippen LogP contribution >= 0.6 is 34.9 Å². The zero-order valence-electron chi connectivity index (χ0n) is 13.2. The summed E-state index contributed by atoms with van der Waals surface area (Å²) in [5, 5.41) is 8.00. The highest BCUT2D eigenvalue weighted by Crippen LogP contribution is 2.28. The van der Waals surface area contributed by atoms with Gasteiger partial charge in [-0.2, -0.15) is 0 Å². The molecule has 24 heavy (non-hydrogen) atoms. The fourth-order valence-electron chi connectivity index (χ4n) is 1.94. The molecule has 0 amide bonds. The van der Waals surface area contributed by atoms with E-state index in [1.54, 1.807) is 11.8 Å². The van der Waals surface area contributed by atoms with Crippen LogP contribution < -0.4 is 17.0 Å². The number of rotatable bonds is 8. The van der Waals surface area contributed by atoms with Gasteiger partial charge in [-0.25, -0.2) is 4.79 Å². The highest BCUT2D eigenvalue weighted by molar-refractivity contribution is 8.03. The van der Waals surface area contributed by atoms with Gasteiger partial charge in [0.05, 0.1) is 5.75 Å². The van der Waals surface area contributed by atoms with Crippen LogP contribution in [0.15, 0.2) is 18.3 Å². The Hall–Kier alpha value is -1.59. The molecule has 0 saturated carbocycles. The number of anilines is 1. The number of carbonyl (C=O) groups is 1. The third kappa shape index (κ3) is 4.28. The standard InChI is InChI=1S/C13H17N5O3S3/c1-3-5-18-9(14)8(10(20)15-11(18)21)7(19)6-23-13-17-16-12(24-13)22-4-2/h3-6,14H2,1-2H3,(H,15,20,21). The van der Waals surface area contributed by atoms with E-state index in [1.807, 2.05) is 13.8 Å². The average molecular weight is 388 g/mol. The first-order valence-corrected chi connectivity index (χ1v) is 10.0. The Morgan fingerprint density at radius 2 is 1.92 bits per heavy atom. The van der Waals surface area contributed by atoms with E-state index < -0.39 is 17.0 Å². The average Bonchev–Trinajstić information content (AvgIpc) is 2.97. The summed E-state index contributed by atoms with van der Waals surface area (Å²) in [6.07, 6.45) is 0.654. The number of nitrogens with two attached hydrogens (primary N) is 1. The van der Waals surface area contributed by atoms with Crippen LogP contribution in [0.25, 0.3) is 0 Å². The fourth-order valence-corrected chi connectivity index (χ4v) is 4.73. The molecular formula is C13H17N5O3S3. The first-order chi connectivity index (χ1) is 11.5. The summed E-state index contributed by atoms with van der Waals surface area (Å²) in [5.74, 6) is 0.366. The van der Waals surface area contributed by atoms with Crippen LogP contribution in [0.3, 0.4) is 0 Å². The van der Waals surface area contributed by atoms with Crippen molar-refractivity contribution in [1.29, 1.82) is 0 Å². The maximum atomic E-state index is 12.4. The molecule has 0 atom stereocenters. The van der Waals surface area contributed by atoms with Crippen molar-refractivity contribution < 1.29 is 4.79 Å². The first kappa shape index (κ1) is 18.7. The number of hydrogen-bond acceptors (Lipinski definition) is 9. The molecule has 2 aromatic heterocycles. The lowest BCUT2D eigenvalue weighted by Gasteiger charge is -2.10. The summed E-state index contributed by atoms with van der Waals surface area (Å²) in [6, 6.07) is 0. The lowest BCUT2D eigenvalue weighted by molar-refractivity contribution is 0.102. The molecular weight excluding hydrogens is 370 g/mol. The minimum absolute atomic E-state index is 0.00301.